The maximum Gasteiger partial charge on any atom is 0.243 e. The lowest BCUT2D eigenvalue weighted by Gasteiger charge is -1.99. The summed E-state index contributed by atoms with van der Waals surface area (Å²) in [5.41, 5.74) is 2.06. The second-order valence-corrected chi connectivity index (χ2v) is 3.07. The quantitative estimate of drug-likeness (QED) is 0.255. The summed E-state index contributed by atoms with van der Waals surface area (Å²) in [5.74, 6) is 6.11. The Bertz CT molecular complexity index is 111. The van der Waals surface area contributed by atoms with Crippen LogP contribution in [0.3, 0.4) is 0 Å². The van der Waals surface area contributed by atoms with E-state index in [1.165, 1.54) is 0 Å². The van der Waals surface area contributed by atoms with E-state index in [1.54, 1.807) is 18.9 Å². The third-order valence-electron chi connectivity index (χ3n) is 1.03. The van der Waals surface area contributed by atoms with Crippen LogP contribution in [-0.2, 0) is 9.53 Å². The van der Waals surface area contributed by atoms with Gasteiger partial charge in [-0.15, -0.1) is 0 Å². The van der Waals surface area contributed by atoms with Crippen molar-refractivity contribution in [2.75, 3.05) is 25.2 Å². The minimum absolute atomic E-state index is 0.132. The van der Waals surface area contributed by atoms with Crippen molar-refractivity contribution >= 4 is 17.7 Å². The summed E-state index contributed by atoms with van der Waals surface area (Å²) < 4.78 is 4.84. The summed E-state index contributed by atoms with van der Waals surface area (Å²) in [5, 5.41) is 0. The Balaban J connectivity index is 2.95. The molecule has 1 amide bonds. The lowest BCUT2D eigenvalue weighted by Crippen LogP contribution is -2.31. The third-order valence-corrected chi connectivity index (χ3v) is 2.07. The predicted octanol–water partition coefficient (Wildman–Crippen LogP) is -0.254. The number of hydrazine groups is 1. The first kappa shape index (κ1) is 10.7. The number of amides is 1. The molecule has 0 saturated carbocycles. The molecule has 0 aliphatic carbocycles. The highest BCUT2D eigenvalue weighted by atomic mass is 32.2. The maximum atomic E-state index is 10.6. The van der Waals surface area contributed by atoms with Gasteiger partial charge in [-0.1, -0.05) is 0 Å². The van der Waals surface area contributed by atoms with Crippen LogP contribution in [0.4, 0.5) is 0 Å². The summed E-state index contributed by atoms with van der Waals surface area (Å²) in [6.07, 6.45) is 0.971. The van der Waals surface area contributed by atoms with Gasteiger partial charge in [-0.3, -0.25) is 10.2 Å². The van der Waals surface area contributed by atoms with E-state index >= 15 is 0 Å². The Hall–Kier alpha value is -0.260. The van der Waals surface area contributed by atoms with Gasteiger partial charge in [0, 0.05) is 13.7 Å². The second-order valence-electron chi connectivity index (χ2n) is 1.97. The molecule has 0 aromatic rings. The van der Waals surface area contributed by atoms with E-state index in [0.717, 1.165) is 18.8 Å². The van der Waals surface area contributed by atoms with Gasteiger partial charge >= 0.3 is 0 Å². The maximum absolute atomic E-state index is 10.6. The lowest BCUT2D eigenvalue weighted by molar-refractivity contribution is -0.118. The highest BCUT2D eigenvalue weighted by Crippen LogP contribution is 2.00. The van der Waals surface area contributed by atoms with E-state index in [9.17, 15) is 4.79 Å². The topological polar surface area (TPSA) is 64.3 Å². The number of nitrogens with two attached hydrogens (primary N) is 1. The van der Waals surface area contributed by atoms with Gasteiger partial charge in [-0.05, 0) is 12.2 Å². The molecule has 4 nitrogen and oxygen atoms in total. The SMILES string of the molecule is COCCCSCC(=O)NN. The molecular formula is C6H14N2O2S. The number of methoxy groups -OCH3 is 1. The molecule has 0 spiro atoms. The standard InChI is InChI=1S/C6H14N2O2S/c1-10-3-2-4-11-5-6(9)8-7/h2-5,7H2,1H3,(H,8,9). The number of hydrogen-bond acceptors (Lipinski definition) is 4. The van der Waals surface area contributed by atoms with Gasteiger partial charge in [0.25, 0.3) is 0 Å². The highest BCUT2D eigenvalue weighted by Gasteiger charge is 1.96. The normalized spacial score (nSPS) is 9.64. The van der Waals surface area contributed by atoms with Crippen LogP contribution in [0.2, 0.25) is 0 Å². The van der Waals surface area contributed by atoms with Crippen LogP contribution in [0.25, 0.3) is 0 Å². The van der Waals surface area contributed by atoms with Crippen molar-refractivity contribution in [2.24, 2.45) is 5.84 Å². The molecule has 0 fully saturated rings. The molecule has 0 aliphatic rings. The third kappa shape index (κ3) is 7.64. The Kier molecular flexibility index (Phi) is 7.66. The van der Waals surface area contributed by atoms with Crippen LogP contribution in [0.15, 0.2) is 0 Å². The van der Waals surface area contributed by atoms with Crippen molar-refractivity contribution in [1.82, 2.24) is 5.43 Å². The zero-order chi connectivity index (χ0) is 8.53. The van der Waals surface area contributed by atoms with Crippen LogP contribution >= 0.6 is 11.8 Å². The van der Waals surface area contributed by atoms with E-state index < -0.39 is 0 Å². The van der Waals surface area contributed by atoms with Crippen LogP contribution < -0.4 is 11.3 Å². The number of carbonyl (C=O) groups excluding carboxylic acids is 1. The first-order chi connectivity index (χ1) is 5.31. The van der Waals surface area contributed by atoms with Gasteiger partial charge in [0.15, 0.2) is 0 Å². The molecule has 0 aromatic carbocycles. The van der Waals surface area contributed by atoms with Crippen molar-refractivity contribution in [3.05, 3.63) is 0 Å². The van der Waals surface area contributed by atoms with Crippen molar-refractivity contribution in [3.8, 4) is 0 Å². The molecule has 0 bridgehead atoms. The molecule has 0 atom stereocenters. The number of nitrogens with one attached hydrogen (secondary N) is 1. The number of thioether (sulfide) groups is 1. The Morgan fingerprint density at radius 1 is 1.73 bits per heavy atom. The van der Waals surface area contributed by atoms with E-state index in [-0.39, 0.29) is 5.91 Å². The predicted molar refractivity (Wildman–Crippen MR) is 46.1 cm³/mol. The molecule has 0 aliphatic heterocycles. The monoisotopic (exact) mass is 178 g/mol. The van der Waals surface area contributed by atoms with Crippen molar-refractivity contribution < 1.29 is 9.53 Å². The van der Waals surface area contributed by atoms with Crippen molar-refractivity contribution in [1.29, 1.82) is 0 Å². The van der Waals surface area contributed by atoms with Gasteiger partial charge in [0.2, 0.25) is 5.91 Å². The average Bonchev–Trinajstić information content (AvgIpc) is 2.04. The Labute approximate surface area is 70.8 Å². The molecular weight excluding hydrogens is 164 g/mol. The second kappa shape index (κ2) is 7.84. The average molecular weight is 178 g/mol. The zero-order valence-electron chi connectivity index (χ0n) is 6.63. The van der Waals surface area contributed by atoms with Gasteiger partial charge in [-0.25, -0.2) is 5.84 Å². The van der Waals surface area contributed by atoms with Gasteiger partial charge in [0.1, 0.15) is 0 Å². The fraction of sp³-hybridized carbons (Fsp3) is 0.833. The van der Waals surface area contributed by atoms with Crippen LogP contribution in [-0.4, -0.2) is 31.1 Å². The molecule has 0 rings (SSSR count). The van der Waals surface area contributed by atoms with Crippen molar-refractivity contribution in [3.63, 3.8) is 0 Å². The molecule has 3 N–H and O–H groups in total. The molecule has 5 heteroatoms. The smallest absolute Gasteiger partial charge is 0.243 e. The number of ether oxygens (including phenoxy) is 1. The van der Waals surface area contributed by atoms with Crippen LogP contribution in [0, 0.1) is 0 Å². The largest absolute Gasteiger partial charge is 0.385 e. The minimum atomic E-state index is -0.132. The van der Waals surface area contributed by atoms with E-state index in [2.05, 4.69) is 5.43 Å². The first-order valence-corrected chi connectivity index (χ1v) is 4.53. The summed E-state index contributed by atoms with van der Waals surface area (Å²) >= 11 is 1.55. The van der Waals surface area contributed by atoms with Crippen molar-refractivity contribution in [2.45, 2.75) is 6.42 Å². The molecule has 0 unspecified atom stereocenters. The summed E-state index contributed by atoms with van der Waals surface area (Å²) in [6, 6.07) is 0. The molecule has 0 saturated heterocycles. The van der Waals surface area contributed by atoms with E-state index in [4.69, 9.17) is 10.6 Å². The van der Waals surface area contributed by atoms with Gasteiger partial charge in [-0.2, -0.15) is 11.8 Å². The first-order valence-electron chi connectivity index (χ1n) is 3.37. The number of rotatable bonds is 6. The summed E-state index contributed by atoms with van der Waals surface area (Å²) in [7, 11) is 1.66. The Morgan fingerprint density at radius 2 is 2.45 bits per heavy atom. The lowest BCUT2D eigenvalue weighted by atomic mass is 10.5. The van der Waals surface area contributed by atoms with E-state index in [0.29, 0.717) is 5.75 Å². The molecule has 0 radical (unpaired) electrons. The van der Waals surface area contributed by atoms with Gasteiger partial charge in [0.05, 0.1) is 5.75 Å². The fourth-order valence-electron chi connectivity index (χ4n) is 0.512. The number of hydrogen-bond donors (Lipinski definition) is 2. The molecule has 0 aromatic heterocycles. The Morgan fingerprint density at radius 3 is 3.00 bits per heavy atom. The summed E-state index contributed by atoms with van der Waals surface area (Å²) in [6.45, 7) is 0.747. The zero-order valence-corrected chi connectivity index (χ0v) is 7.45. The number of carbonyl (C=O) groups is 1. The molecule has 0 heterocycles. The molecule has 66 valence electrons. The van der Waals surface area contributed by atoms with Crippen LogP contribution in [0.5, 0.6) is 0 Å². The summed E-state index contributed by atoms with van der Waals surface area (Å²) in [4.78, 5) is 10.6. The van der Waals surface area contributed by atoms with Gasteiger partial charge < -0.3 is 4.74 Å². The highest BCUT2D eigenvalue weighted by molar-refractivity contribution is 7.99. The molecule has 11 heavy (non-hydrogen) atoms. The van der Waals surface area contributed by atoms with E-state index in [1.807, 2.05) is 0 Å². The fourth-order valence-corrected chi connectivity index (χ4v) is 1.25. The van der Waals surface area contributed by atoms with Crippen LogP contribution in [0.1, 0.15) is 6.42 Å². The minimum Gasteiger partial charge on any atom is -0.385 e.